The number of β-amino-alcohol motifs (C(OH)–C–C–N with tert-alkyl or cyclic N) is 1. The molecule has 1 fully saturated rings. The van der Waals surface area contributed by atoms with E-state index in [0.29, 0.717) is 31.7 Å². The van der Waals surface area contributed by atoms with Crippen LogP contribution in [0, 0.1) is 17.2 Å². The summed E-state index contributed by atoms with van der Waals surface area (Å²) in [6.07, 6.45) is 3.99. The van der Waals surface area contributed by atoms with E-state index in [-0.39, 0.29) is 11.7 Å². The molecule has 1 saturated heterocycles. The van der Waals surface area contributed by atoms with Crippen LogP contribution in [0.3, 0.4) is 0 Å². The van der Waals surface area contributed by atoms with Gasteiger partial charge in [-0.15, -0.1) is 0 Å². The van der Waals surface area contributed by atoms with Crippen molar-refractivity contribution in [2.24, 2.45) is 5.92 Å². The first kappa shape index (κ1) is 22.9. The molecule has 0 spiro atoms. The summed E-state index contributed by atoms with van der Waals surface area (Å²) in [5.41, 5.74) is 2.62. The van der Waals surface area contributed by atoms with Crippen molar-refractivity contribution in [2.75, 3.05) is 31.1 Å². The Labute approximate surface area is 194 Å². The van der Waals surface area contributed by atoms with Gasteiger partial charge in [-0.1, -0.05) is 12.1 Å². The number of carbonyl (C=O) groups is 1. The number of piperidine rings is 1. The molecule has 33 heavy (non-hydrogen) atoms. The Hall–Kier alpha value is -3.28. The van der Waals surface area contributed by atoms with Crippen molar-refractivity contribution in [1.82, 2.24) is 19.4 Å². The van der Waals surface area contributed by atoms with Crippen molar-refractivity contribution < 1.29 is 9.90 Å². The van der Waals surface area contributed by atoms with Crippen molar-refractivity contribution in [3.8, 4) is 6.07 Å². The number of likely N-dealkylation sites (tertiary alicyclic amines) is 1. The normalized spacial score (nSPS) is 18.8. The number of Topliss-reactive ketones (excluding diaryl/α,β-unsaturated/α-hetero) is 1. The lowest BCUT2D eigenvalue weighted by Crippen LogP contribution is -2.46. The minimum Gasteiger partial charge on any atom is -0.391 e. The summed E-state index contributed by atoms with van der Waals surface area (Å²) < 4.78 is 2.10. The van der Waals surface area contributed by atoms with Gasteiger partial charge in [-0.25, -0.2) is 9.97 Å². The van der Waals surface area contributed by atoms with Gasteiger partial charge in [0.15, 0.2) is 0 Å². The van der Waals surface area contributed by atoms with Crippen LogP contribution in [0.4, 0.5) is 5.82 Å². The molecular weight excluding hydrogens is 416 g/mol. The maximum atomic E-state index is 11.4. The first-order chi connectivity index (χ1) is 16.0. The first-order valence-electron chi connectivity index (χ1n) is 11.4. The van der Waals surface area contributed by atoms with Crippen LogP contribution in [0.15, 0.2) is 42.9 Å². The number of aliphatic hydroxyl groups excluding tert-OH is 1. The van der Waals surface area contributed by atoms with Crippen molar-refractivity contribution in [3.63, 3.8) is 0 Å². The fraction of sp³-hybridized carbons (Fsp3) is 0.440. The molecule has 8 heteroatoms. The summed E-state index contributed by atoms with van der Waals surface area (Å²) in [7, 11) is 0. The van der Waals surface area contributed by atoms with E-state index in [1.165, 1.54) is 0 Å². The average molecular weight is 447 g/mol. The largest absolute Gasteiger partial charge is 0.391 e. The number of carbonyl (C=O) groups excluding carboxylic acids is 1. The molecular formula is C25H30N6O2. The van der Waals surface area contributed by atoms with Gasteiger partial charge >= 0.3 is 0 Å². The van der Waals surface area contributed by atoms with Gasteiger partial charge in [-0.05, 0) is 50.6 Å². The van der Waals surface area contributed by atoms with Crippen LogP contribution in [0.1, 0.15) is 31.4 Å². The van der Waals surface area contributed by atoms with Gasteiger partial charge in [0.2, 0.25) is 0 Å². The molecule has 1 aliphatic rings. The molecule has 0 radical (unpaired) electrons. The van der Waals surface area contributed by atoms with Crippen LogP contribution in [0.25, 0.3) is 11.0 Å². The van der Waals surface area contributed by atoms with E-state index in [0.717, 1.165) is 41.9 Å². The maximum absolute atomic E-state index is 11.4. The van der Waals surface area contributed by atoms with Crippen LogP contribution < -0.4 is 4.90 Å². The SMILES string of the molecule is CCN(Cc1ccc(C#N)cc1)c1ncnc2c1ccn2CC1CCN(CC(C)=O)CC1O. The van der Waals surface area contributed by atoms with Gasteiger partial charge in [0.1, 0.15) is 23.6 Å². The summed E-state index contributed by atoms with van der Waals surface area (Å²) in [6.45, 7) is 7.57. The monoisotopic (exact) mass is 446 g/mol. The predicted molar refractivity (Wildman–Crippen MR) is 127 cm³/mol. The highest BCUT2D eigenvalue weighted by molar-refractivity contribution is 5.87. The number of nitrogens with zero attached hydrogens (tertiary/aromatic N) is 6. The van der Waals surface area contributed by atoms with Crippen LogP contribution in [0.5, 0.6) is 0 Å². The lowest BCUT2D eigenvalue weighted by Gasteiger charge is -2.35. The van der Waals surface area contributed by atoms with E-state index in [9.17, 15) is 9.90 Å². The highest BCUT2D eigenvalue weighted by atomic mass is 16.3. The number of anilines is 1. The van der Waals surface area contributed by atoms with Gasteiger partial charge in [0.05, 0.1) is 29.7 Å². The summed E-state index contributed by atoms with van der Waals surface area (Å²) >= 11 is 0. The smallest absolute Gasteiger partial charge is 0.145 e. The Morgan fingerprint density at radius 3 is 2.73 bits per heavy atom. The summed E-state index contributed by atoms with van der Waals surface area (Å²) in [5, 5.41) is 20.7. The molecule has 2 atom stereocenters. The Balaban J connectivity index is 1.51. The van der Waals surface area contributed by atoms with Crippen molar-refractivity contribution in [2.45, 2.75) is 39.5 Å². The third-order valence-electron chi connectivity index (χ3n) is 6.36. The lowest BCUT2D eigenvalue weighted by molar-refractivity contribution is -0.119. The summed E-state index contributed by atoms with van der Waals surface area (Å²) in [5.74, 6) is 1.12. The number of aliphatic hydroxyl groups is 1. The highest BCUT2D eigenvalue weighted by Crippen LogP contribution is 2.27. The van der Waals surface area contributed by atoms with Crippen molar-refractivity contribution in [3.05, 3.63) is 54.0 Å². The Bertz CT molecular complexity index is 1150. The maximum Gasteiger partial charge on any atom is 0.145 e. The quantitative estimate of drug-likeness (QED) is 0.568. The lowest BCUT2D eigenvalue weighted by atomic mass is 9.93. The van der Waals surface area contributed by atoms with Crippen LogP contribution in [-0.4, -0.2) is 62.6 Å². The van der Waals surface area contributed by atoms with Gasteiger partial charge in [-0.2, -0.15) is 5.26 Å². The first-order valence-corrected chi connectivity index (χ1v) is 11.4. The second kappa shape index (κ2) is 10.1. The zero-order valence-electron chi connectivity index (χ0n) is 19.2. The molecule has 172 valence electrons. The number of ketones is 1. The fourth-order valence-corrected chi connectivity index (χ4v) is 4.60. The van der Waals surface area contributed by atoms with Crippen LogP contribution in [-0.2, 0) is 17.9 Å². The highest BCUT2D eigenvalue weighted by Gasteiger charge is 2.29. The molecule has 3 aromatic rings. The van der Waals surface area contributed by atoms with Crippen molar-refractivity contribution in [1.29, 1.82) is 5.26 Å². The molecule has 0 amide bonds. The van der Waals surface area contributed by atoms with E-state index in [1.807, 2.05) is 41.4 Å². The van der Waals surface area contributed by atoms with E-state index < -0.39 is 6.10 Å². The molecule has 1 aliphatic heterocycles. The molecule has 0 bridgehead atoms. The number of benzene rings is 1. The predicted octanol–water partition coefficient (Wildman–Crippen LogP) is 2.60. The number of nitriles is 1. The van der Waals surface area contributed by atoms with Gasteiger partial charge in [0.25, 0.3) is 0 Å². The summed E-state index contributed by atoms with van der Waals surface area (Å²) in [6, 6.07) is 11.8. The molecule has 8 nitrogen and oxygen atoms in total. The zero-order valence-corrected chi connectivity index (χ0v) is 19.2. The molecule has 1 aromatic carbocycles. The number of aromatic nitrogens is 3. The Kier molecular flexibility index (Phi) is 7.02. The molecule has 0 saturated carbocycles. The number of hydrogen-bond donors (Lipinski definition) is 1. The van der Waals surface area contributed by atoms with Crippen LogP contribution in [0.2, 0.25) is 0 Å². The molecule has 4 rings (SSSR count). The third-order valence-corrected chi connectivity index (χ3v) is 6.36. The molecule has 0 aliphatic carbocycles. The van der Waals surface area contributed by atoms with E-state index in [1.54, 1.807) is 13.3 Å². The average Bonchev–Trinajstić information content (AvgIpc) is 3.22. The number of fused-ring (bicyclic) bond motifs is 1. The topological polar surface area (TPSA) is 98.3 Å². The van der Waals surface area contributed by atoms with Crippen LogP contribution >= 0.6 is 0 Å². The molecule has 2 unspecified atom stereocenters. The van der Waals surface area contributed by atoms with Gasteiger partial charge in [0, 0.05) is 38.3 Å². The number of rotatable bonds is 8. The molecule has 3 heterocycles. The van der Waals surface area contributed by atoms with E-state index in [2.05, 4.69) is 32.4 Å². The Morgan fingerprint density at radius 1 is 1.27 bits per heavy atom. The second-order valence-electron chi connectivity index (χ2n) is 8.78. The molecule has 1 N–H and O–H groups in total. The van der Waals surface area contributed by atoms with Crippen molar-refractivity contribution >= 4 is 22.6 Å². The minimum absolute atomic E-state index is 0.114. The standard InChI is InChI=1S/C25H30N6O2/c1-3-30(14-20-6-4-19(12-26)5-7-20)24-22-9-11-31(25(22)28-17-27-24)15-21-8-10-29(13-18(2)32)16-23(21)33/h4-7,9,11,17,21,23,33H,3,8,10,13-16H2,1-2H3. The van der Waals surface area contributed by atoms with E-state index >= 15 is 0 Å². The van der Waals surface area contributed by atoms with Gasteiger partial charge < -0.3 is 14.6 Å². The zero-order chi connectivity index (χ0) is 23.4. The number of hydrogen-bond acceptors (Lipinski definition) is 7. The van der Waals surface area contributed by atoms with E-state index in [4.69, 9.17) is 5.26 Å². The van der Waals surface area contributed by atoms with Gasteiger partial charge in [-0.3, -0.25) is 9.69 Å². The Morgan fingerprint density at radius 2 is 2.06 bits per heavy atom. The second-order valence-corrected chi connectivity index (χ2v) is 8.78. The minimum atomic E-state index is -0.472. The fourth-order valence-electron chi connectivity index (χ4n) is 4.60. The molecule has 2 aromatic heterocycles. The third kappa shape index (κ3) is 5.21. The summed E-state index contributed by atoms with van der Waals surface area (Å²) in [4.78, 5) is 24.8.